The van der Waals surface area contributed by atoms with Crippen molar-refractivity contribution in [2.45, 2.75) is 68.1 Å². The Hall–Kier alpha value is -1.90. The Kier molecular flexibility index (Phi) is 2.73. The molecule has 3 aliphatic carbocycles. The van der Waals surface area contributed by atoms with Crippen LogP contribution in [-0.2, 0) is 23.1 Å². The summed E-state index contributed by atoms with van der Waals surface area (Å²) in [7, 11) is 0. The van der Waals surface area contributed by atoms with Gasteiger partial charge in [0.25, 0.3) is 0 Å². The van der Waals surface area contributed by atoms with Crippen molar-refractivity contribution in [1.29, 1.82) is 5.26 Å². The molecule has 0 amide bonds. The van der Waals surface area contributed by atoms with Crippen molar-refractivity contribution >= 4 is 5.78 Å². The van der Waals surface area contributed by atoms with E-state index in [1.165, 1.54) is 24.0 Å². The number of ketones is 1. The number of ether oxygens (including phenoxy) is 1. The Balaban J connectivity index is 1.67. The number of nitrogens with zero attached hydrogens (tertiary/aromatic N) is 1. The second-order valence-corrected chi connectivity index (χ2v) is 8.85. The maximum Gasteiger partial charge on any atom is 0.174 e. The van der Waals surface area contributed by atoms with Crippen molar-refractivity contribution in [3.05, 3.63) is 28.3 Å². The first-order valence-corrected chi connectivity index (χ1v) is 9.83. The number of nitrogens with one attached hydrogen (secondary N) is 1. The predicted molar refractivity (Wildman–Crippen MR) is 93.0 cm³/mol. The van der Waals surface area contributed by atoms with Crippen LogP contribution in [-0.4, -0.2) is 35.2 Å². The first-order chi connectivity index (χ1) is 12.6. The van der Waals surface area contributed by atoms with Crippen LogP contribution in [0.25, 0.3) is 0 Å². The molecule has 5 aliphatic rings. The van der Waals surface area contributed by atoms with E-state index in [2.05, 4.69) is 11.4 Å². The molecule has 0 aromatic heterocycles. The summed E-state index contributed by atoms with van der Waals surface area (Å²) in [6.07, 6.45) is 5.16. The van der Waals surface area contributed by atoms with Gasteiger partial charge in [-0.15, -0.1) is 0 Å². The zero-order chi connectivity index (χ0) is 17.7. The van der Waals surface area contributed by atoms with Gasteiger partial charge in [0.15, 0.2) is 11.9 Å². The van der Waals surface area contributed by atoms with E-state index >= 15 is 0 Å². The molecular weight excluding hydrogens is 328 g/mol. The van der Waals surface area contributed by atoms with Gasteiger partial charge in [-0.2, -0.15) is 5.26 Å². The fraction of sp³-hybridized carbons (Fsp3) is 0.619. The van der Waals surface area contributed by atoms with Crippen LogP contribution in [0.2, 0.25) is 0 Å². The van der Waals surface area contributed by atoms with E-state index in [1.54, 1.807) is 0 Å². The monoisotopic (exact) mass is 350 g/mol. The second-order valence-electron chi connectivity index (χ2n) is 8.85. The number of hydrogen-bond donors (Lipinski definition) is 2. The number of carbonyl (C=O) groups excluding carboxylic acids is 1. The molecule has 6 rings (SSSR count). The number of hydrogen-bond acceptors (Lipinski definition) is 5. The largest absolute Gasteiger partial charge is 0.480 e. The van der Waals surface area contributed by atoms with Crippen molar-refractivity contribution in [1.82, 2.24) is 5.32 Å². The van der Waals surface area contributed by atoms with E-state index in [1.807, 2.05) is 6.07 Å². The molecule has 4 atom stereocenters. The SMILES string of the molecule is N#Cc1cc(CC2CC2)c2c3c1OC1C(=O)CC[C@@]4(O)[C@@H](C2)NCC[C@]314. The molecule has 2 bridgehead atoms. The van der Waals surface area contributed by atoms with Gasteiger partial charge in [-0.25, -0.2) is 0 Å². The zero-order valence-corrected chi connectivity index (χ0v) is 14.7. The summed E-state index contributed by atoms with van der Waals surface area (Å²) in [6, 6.07) is 4.25. The highest BCUT2D eigenvalue weighted by molar-refractivity contribution is 5.90. The van der Waals surface area contributed by atoms with Gasteiger partial charge < -0.3 is 15.2 Å². The van der Waals surface area contributed by atoms with Crippen LogP contribution >= 0.6 is 0 Å². The molecular formula is C21H22N2O3. The third-order valence-electron chi connectivity index (χ3n) is 7.65. The Labute approximate surface area is 152 Å². The molecule has 1 aromatic rings. The molecule has 5 heteroatoms. The number of benzene rings is 1. The van der Waals surface area contributed by atoms with E-state index in [0.29, 0.717) is 36.5 Å². The molecule has 0 radical (unpaired) electrons. The average molecular weight is 350 g/mol. The Bertz CT molecular complexity index is 899. The van der Waals surface area contributed by atoms with Crippen molar-refractivity contribution in [2.24, 2.45) is 5.92 Å². The molecule has 2 N–H and O–H groups in total. The summed E-state index contributed by atoms with van der Waals surface area (Å²) in [4.78, 5) is 12.8. The normalized spacial score (nSPS) is 39.2. The fourth-order valence-electron chi connectivity index (χ4n) is 6.30. The van der Waals surface area contributed by atoms with Gasteiger partial charge in [-0.3, -0.25) is 4.79 Å². The molecule has 2 aliphatic heterocycles. The standard InChI is InChI=1S/C21H22N2O3/c22-10-13-8-12(7-11-1-2-11)14-9-16-21(25)4-3-15(24)19-20(21,5-6-23-16)17(14)18(13)26-19/h8,11,16,19,23,25H,1-7,9H2/t16-,19?,20+,21-/m1/s1. The van der Waals surface area contributed by atoms with Crippen molar-refractivity contribution in [3.63, 3.8) is 0 Å². The maximum atomic E-state index is 12.8. The molecule has 3 fully saturated rings. The first-order valence-electron chi connectivity index (χ1n) is 9.83. The van der Waals surface area contributed by atoms with Crippen LogP contribution in [0.4, 0.5) is 0 Å². The number of Topliss-reactive ketones (excluding diaryl/α,β-unsaturated/α-hetero) is 1. The lowest BCUT2D eigenvalue weighted by atomic mass is 9.49. The lowest BCUT2D eigenvalue weighted by Crippen LogP contribution is -2.76. The minimum Gasteiger partial charge on any atom is -0.480 e. The number of carbonyl (C=O) groups is 1. The number of piperidine rings is 1. The smallest absolute Gasteiger partial charge is 0.174 e. The van der Waals surface area contributed by atoms with E-state index in [-0.39, 0.29) is 11.8 Å². The van der Waals surface area contributed by atoms with Gasteiger partial charge in [0.2, 0.25) is 0 Å². The maximum absolute atomic E-state index is 12.8. The average Bonchev–Trinajstić information content (AvgIpc) is 3.36. The predicted octanol–water partition coefficient (Wildman–Crippen LogP) is 1.52. The van der Waals surface area contributed by atoms with Crippen LogP contribution in [0.15, 0.2) is 6.07 Å². The van der Waals surface area contributed by atoms with E-state index in [4.69, 9.17) is 4.74 Å². The summed E-state index contributed by atoms with van der Waals surface area (Å²) in [5, 5.41) is 25.1. The van der Waals surface area contributed by atoms with Crippen molar-refractivity contribution in [2.75, 3.05) is 6.54 Å². The Morgan fingerprint density at radius 2 is 2.23 bits per heavy atom. The Morgan fingerprint density at radius 1 is 1.38 bits per heavy atom. The topological polar surface area (TPSA) is 82.3 Å². The highest BCUT2D eigenvalue weighted by Crippen LogP contribution is 2.63. The van der Waals surface area contributed by atoms with Gasteiger partial charge in [0.05, 0.1) is 16.6 Å². The van der Waals surface area contributed by atoms with Crippen LogP contribution in [0.5, 0.6) is 5.75 Å². The molecule has 2 saturated carbocycles. The molecule has 1 saturated heterocycles. The molecule has 26 heavy (non-hydrogen) atoms. The van der Waals surface area contributed by atoms with E-state index in [0.717, 1.165) is 24.9 Å². The van der Waals surface area contributed by atoms with Gasteiger partial charge in [0.1, 0.15) is 11.8 Å². The van der Waals surface area contributed by atoms with Gasteiger partial charge in [-0.1, -0.05) is 0 Å². The van der Waals surface area contributed by atoms with Crippen molar-refractivity contribution in [3.8, 4) is 11.8 Å². The molecule has 1 unspecified atom stereocenters. The fourth-order valence-corrected chi connectivity index (χ4v) is 6.30. The Morgan fingerprint density at radius 3 is 3.00 bits per heavy atom. The van der Waals surface area contributed by atoms with Crippen LogP contribution in [0, 0.1) is 17.2 Å². The zero-order valence-electron chi connectivity index (χ0n) is 14.7. The van der Waals surface area contributed by atoms with E-state index < -0.39 is 17.1 Å². The molecule has 1 aromatic carbocycles. The van der Waals surface area contributed by atoms with Crippen LogP contribution < -0.4 is 10.1 Å². The first kappa shape index (κ1) is 15.2. The van der Waals surface area contributed by atoms with Crippen LogP contribution in [0.3, 0.4) is 0 Å². The van der Waals surface area contributed by atoms with Gasteiger partial charge >= 0.3 is 0 Å². The highest BCUT2D eigenvalue weighted by atomic mass is 16.5. The summed E-state index contributed by atoms with van der Waals surface area (Å²) in [5.41, 5.74) is 2.38. The third-order valence-corrected chi connectivity index (χ3v) is 7.65. The minimum atomic E-state index is -0.965. The third kappa shape index (κ3) is 1.57. The number of aliphatic hydroxyl groups is 1. The lowest BCUT2D eigenvalue weighted by molar-refractivity contribution is -0.166. The summed E-state index contributed by atoms with van der Waals surface area (Å²) in [6.45, 7) is 0.772. The summed E-state index contributed by atoms with van der Waals surface area (Å²) >= 11 is 0. The quantitative estimate of drug-likeness (QED) is 0.845. The number of nitriles is 1. The summed E-state index contributed by atoms with van der Waals surface area (Å²) in [5.74, 6) is 1.38. The second kappa shape index (κ2) is 4.68. The highest BCUT2D eigenvalue weighted by Gasteiger charge is 2.72. The molecule has 1 spiro atoms. The van der Waals surface area contributed by atoms with E-state index in [9.17, 15) is 15.2 Å². The lowest BCUT2D eigenvalue weighted by Gasteiger charge is -2.59. The molecule has 5 nitrogen and oxygen atoms in total. The minimum absolute atomic E-state index is 0.0419. The van der Waals surface area contributed by atoms with Crippen molar-refractivity contribution < 1.29 is 14.6 Å². The molecule has 134 valence electrons. The molecule has 2 heterocycles. The number of rotatable bonds is 2. The van der Waals surface area contributed by atoms with Gasteiger partial charge in [0, 0.05) is 18.0 Å². The summed E-state index contributed by atoms with van der Waals surface area (Å²) < 4.78 is 6.19. The van der Waals surface area contributed by atoms with Gasteiger partial charge in [-0.05, 0) is 68.2 Å². The van der Waals surface area contributed by atoms with Crippen LogP contribution in [0.1, 0.15) is 54.4 Å².